The summed E-state index contributed by atoms with van der Waals surface area (Å²) >= 11 is 0. The van der Waals surface area contributed by atoms with Crippen LogP contribution in [0.15, 0.2) is 85.1 Å². The molecule has 3 heterocycles. The van der Waals surface area contributed by atoms with Crippen LogP contribution in [0.1, 0.15) is 64.2 Å². The van der Waals surface area contributed by atoms with Crippen LogP contribution in [0.4, 0.5) is 0 Å². The van der Waals surface area contributed by atoms with E-state index in [-0.39, 0.29) is 11.8 Å². The maximum atomic E-state index is 13.1. The highest BCUT2D eigenvalue weighted by atomic mass is 16.5. The molecule has 6 nitrogen and oxygen atoms in total. The van der Waals surface area contributed by atoms with Crippen molar-refractivity contribution in [3.8, 4) is 5.75 Å². The minimum absolute atomic E-state index is 0.111. The van der Waals surface area contributed by atoms with Crippen LogP contribution >= 0.6 is 0 Å². The molecule has 0 aromatic heterocycles. The summed E-state index contributed by atoms with van der Waals surface area (Å²) < 4.78 is 6.20. The Hall–Kier alpha value is -3.90. The number of benzene rings is 3. The lowest BCUT2D eigenvalue weighted by atomic mass is 9.89. The number of nitrogens with zero attached hydrogens (tertiary/aromatic N) is 2. The Kier molecular flexibility index (Phi) is 7.20. The highest BCUT2D eigenvalue weighted by Crippen LogP contribution is 2.34. The average Bonchev–Trinajstić information content (AvgIpc) is 3.30. The summed E-state index contributed by atoms with van der Waals surface area (Å²) in [6.07, 6.45) is 3.69. The molecule has 6 rings (SSSR count). The van der Waals surface area contributed by atoms with Crippen molar-refractivity contribution in [2.45, 2.75) is 57.3 Å². The summed E-state index contributed by atoms with van der Waals surface area (Å²) in [5.74, 6) is 1.11. The number of hydrogen-bond acceptors (Lipinski definition) is 4. The van der Waals surface area contributed by atoms with Gasteiger partial charge in [-0.15, -0.1) is 0 Å². The summed E-state index contributed by atoms with van der Waals surface area (Å²) in [7, 11) is 0. The second-order valence-electron chi connectivity index (χ2n) is 10.9. The molecule has 3 aromatic carbocycles. The molecule has 0 aliphatic carbocycles. The molecule has 1 N–H and O–H groups in total. The van der Waals surface area contributed by atoms with E-state index in [1.165, 1.54) is 24.0 Å². The smallest absolute Gasteiger partial charge is 0.255 e. The van der Waals surface area contributed by atoms with E-state index in [0.717, 1.165) is 30.8 Å². The first-order chi connectivity index (χ1) is 19.0. The third-order valence-corrected chi connectivity index (χ3v) is 8.33. The highest BCUT2D eigenvalue weighted by molar-refractivity contribution is 6.02. The van der Waals surface area contributed by atoms with Crippen molar-refractivity contribution in [3.05, 3.63) is 113 Å². The lowest BCUT2D eigenvalue weighted by Crippen LogP contribution is -2.49. The summed E-state index contributed by atoms with van der Waals surface area (Å²) in [6.45, 7) is 7.86. The molecule has 39 heavy (non-hydrogen) atoms. The van der Waals surface area contributed by atoms with E-state index in [0.29, 0.717) is 48.9 Å². The van der Waals surface area contributed by atoms with E-state index in [9.17, 15) is 9.59 Å². The third-order valence-electron chi connectivity index (χ3n) is 8.33. The summed E-state index contributed by atoms with van der Waals surface area (Å²) in [6, 6.07) is 24.6. The van der Waals surface area contributed by atoms with Gasteiger partial charge in [-0.2, -0.15) is 0 Å². The van der Waals surface area contributed by atoms with E-state index in [1.54, 1.807) is 4.90 Å². The summed E-state index contributed by atoms with van der Waals surface area (Å²) in [5, 5.41) is 2.79. The van der Waals surface area contributed by atoms with E-state index in [4.69, 9.17) is 4.74 Å². The van der Waals surface area contributed by atoms with Crippen LogP contribution in [-0.4, -0.2) is 40.7 Å². The lowest BCUT2D eigenvalue weighted by molar-refractivity contribution is -0.126. The number of likely N-dealkylation sites (tertiary alicyclic amines) is 1. The molecule has 0 radical (unpaired) electrons. The highest BCUT2D eigenvalue weighted by Gasteiger charge is 2.39. The predicted molar refractivity (Wildman–Crippen MR) is 151 cm³/mol. The zero-order valence-electron chi connectivity index (χ0n) is 22.3. The van der Waals surface area contributed by atoms with Gasteiger partial charge in [0.2, 0.25) is 5.91 Å². The number of ether oxygens (including phenoxy) is 1. The summed E-state index contributed by atoms with van der Waals surface area (Å²) in [5.41, 5.74) is 6.06. The van der Waals surface area contributed by atoms with Crippen LogP contribution in [0.25, 0.3) is 0 Å². The van der Waals surface area contributed by atoms with Gasteiger partial charge in [0.25, 0.3) is 5.91 Å². The maximum absolute atomic E-state index is 13.1. The van der Waals surface area contributed by atoms with Crippen molar-refractivity contribution < 1.29 is 14.3 Å². The molecule has 2 fully saturated rings. The number of amides is 2. The molecule has 2 saturated heterocycles. The van der Waals surface area contributed by atoms with E-state index in [2.05, 4.69) is 71.4 Å². The van der Waals surface area contributed by atoms with Crippen LogP contribution in [0.5, 0.6) is 5.75 Å². The van der Waals surface area contributed by atoms with Crippen molar-refractivity contribution in [1.82, 2.24) is 15.1 Å². The zero-order valence-corrected chi connectivity index (χ0v) is 22.3. The lowest BCUT2D eigenvalue weighted by Gasteiger charge is -2.32. The average molecular weight is 522 g/mol. The molecule has 0 bridgehead atoms. The molecular weight excluding hydrogens is 486 g/mol. The van der Waals surface area contributed by atoms with Gasteiger partial charge in [-0.25, -0.2) is 0 Å². The number of fused-ring (bicyclic) bond motifs is 1. The Labute approximate surface area is 230 Å². The molecule has 1 atom stereocenters. The molecule has 0 spiro atoms. The SMILES string of the molecule is C=C1CCC(N2Cc3c(OCc4ccc(CN5CCC(c6ccccc6)CC5)cc4)cccc3C2=O)C(=O)N1. The number of carbonyl (C=O) groups excluding carboxylic acids is 2. The largest absolute Gasteiger partial charge is 0.489 e. The molecule has 200 valence electrons. The van der Waals surface area contributed by atoms with E-state index in [1.807, 2.05) is 18.2 Å². The normalized spacial score (nSPS) is 20.2. The Balaban J connectivity index is 1.03. The van der Waals surface area contributed by atoms with Crippen LogP contribution in [0, 0.1) is 0 Å². The Morgan fingerprint density at radius 2 is 1.62 bits per heavy atom. The Morgan fingerprint density at radius 1 is 0.872 bits per heavy atom. The molecule has 0 saturated carbocycles. The molecule has 1 unspecified atom stereocenters. The fourth-order valence-electron chi connectivity index (χ4n) is 6.08. The van der Waals surface area contributed by atoms with Crippen molar-refractivity contribution >= 4 is 11.8 Å². The first kappa shape index (κ1) is 25.4. The number of nitrogens with one attached hydrogen (secondary N) is 1. The molecule has 2 amide bonds. The maximum Gasteiger partial charge on any atom is 0.255 e. The number of carbonyl (C=O) groups is 2. The van der Waals surface area contributed by atoms with Gasteiger partial charge in [0.15, 0.2) is 0 Å². The van der Waals surface area contributed by atoms with Crippen LogP contribution < -0.4 is 10.1 Å². The molecular formula is C33H35N3O3. The predicted octanol–water partition coefficient (Wildman–Crippen LogP) is 5.39. The molecule has 3 aliphatic rings. The zero-order chi connectivity index (χ0) is 26.8. The van der Waals surface area contributed by atoms with Gasteiger partial charge in [0.1, 0.15) is 18.4 Å². The van der Waals surface area contributed by atoms with Gasteiger partial charge in [-0.1, -0.05) is 67.2 Å². The monoisotopic (exact) mass is 521 g/mol. The Bertz CT molecular complexity index is 1360. The second kappa shape index (κ2) is 11.1. The van der Waals surface area contributed by atoms with Crippen molar-refractivity contribution in [2.24, 2.45) is 0 Å². The first-order valence-corrected chi connectivity index (χ1v) is 13.9. The van der Waals surface area contributed by atoms with Gasteiger partial charge in [-0.05, 0) is 73.5 Å². The van der Waals surface area contributed by atoms with Crippen LogP contribution in [0.3, 0.4) is 0 Å². The van der Waals surface area contributed by atoms with Gasteiger partial charge in [-0.3, -0.25) is 14.5 Å². The van der Waals surface area contributed by atoms with E-state index >= 15 is 0 Å². The fourth-order valence-corrected chi connectivity index (χ4v) is 6.08. The third kappa shape index (κ3) is 5.48. The fraction of sp³-hybridized carbons (Fsp3) is 0.333. The van der Waals surface area contributed by atoms with Gasteiger partial charge in [0.05, 0.1) is 6.54 Å². The first-order valence-electron chi connectivity index (χ1n) is 13.9. The van der Waals surface area contributed by atoms with Gasteiger partial charge in [0, 0.05) is 23.4 Å². The number of allylic oxidation sites excluding steroid dienone is 1. The Morgan fingerprint density at radius 3 is 2.36 bits per heavy atom. The van der Waals surface area contributed by atoms with Crippen LogP contribution in [0.2, 0.25) is 0 Å². The quantitative estimate of drug-likeness (QED) is 0.453. The minimum atomic E-state index is -0.472. The topological polar surface area (TPSA) is 61.9 Å². The van der Waals surface area contributed by atoms with Gasteiger partial charge >= 0.3 is 0 Å². The van der Waals surface area contributed by atoms with Crippen molar-refractivity contribution in [3.63, 3.8) is 0 Å². The van der Waals surface area contributed by atoms with E-state index < -0.39 is 6.04 Å². The number of rotatable bonds is 7. The minimum Gasteiger partial charge on any atom is -0.489 e. The molecule has 6 heteroatoms. The van der Waals surface area contributed by atoms with Crippen molar-refractivity contribution in [1.29, 1.82) is 0 Å². The number of piperidine rings is 2. The second-order valence-corrected chi connectivity index (χ2v) is 10.9. The van der Waals surface area contributed by atoms with Crippen molar-refractivity contribution in [2.75, 3.05) is 13.1 Å². The van der Waals surface area contributed by atoms with Crippen LogP contribution in [-0.2, 0) is 24.5 Å². The number of hydrogen-bond donors (Lipinski definition) is 1. The standard InChI is InChI=1S/C33H35N3O3/c1-23-10-15-30(32(37)34-23)36-21-29-28(33(36)38)8-5-9-31(29)39-22-25-13-11-24(12-14-25)20-35-18-16-27(17-19-35)26-6-3-2-4-7-26/h2-9,11-14,27,30H,1,10,15-22H2,(H,34,37). The molecule has 3 aliphatic heterocycles. The van der Waals surface area contributed by atoms with Gasteiger partial charge < -0.3 is 15.0 Å². The molecule has 3 aromatic rings. The summed E-state index contributed by atoms with van der Waals surface area (Å²) in [4.78, 5) is 29.8.